The van der Waals surface area contributed by atoms with E-state index in [0.29, 0.717) is 9.37 Å². The predicted octanol–water partition coefficient (Wildman–Crippen LogP) is 4.21. The summed E-state index contributed by atoms with van der Waals surface area (Å²) in [5.41, 5.74) is -0.316. The zero-order valence-electron chi connectivity index (χ0n) is 10.7. The SMILES string of the molecule is CC1(NS(=O)(=O)c2ccc(Br)cc2Br)CCCCC1. The van der Waals surface area contributed by atoms with Crippen molar-refractivity contribution in [3.05, 3.63) is 27.1 Å². The lowest BCUT2D eigenvalue weighted by Gasteiger charge is -2.34. The zero-order chi connectivity index (χ0) is 14.1. The molecular weight excluding hydrogens is 394 g/mol. The Hall–Kier alpha value is 0.0900. The maximum atomic E-state index is 12.5. The lowest BCUT2D eigenvalue weighted by atomic mass is 9.84. The smallest absolute Gasteiger partial charge is 0.207 e. The van der Waals surface area contributed by atoms with Crippen LogP contribution < -0.4 is 4.72 Å². The van der Waals surface area contributed by atoms with Crippen molar-refractivity contribution in [2.24, 2.45) is 0 Å². The highest BCUT2D eigenvalue weighted by Crippen LogP contribution is 2.31. The Kier molecular flexibility index (Phi) is 4.75. The van der Waals surface area contributed by atoms with Gasteiger partial charge in [0.25, 0.3) is 0 Å². The van der Waals surface area contributed by atoms with Gasteiger partial charge in [0.1, 0.15) is 0 Å². The van der Waals surface area contributed by atoms with Crippen LogP contribution in [0.2, 0.25) is 0 Å². The van der Waals surface area contributed by atoms with Gasteiger partial charge in [-0.3, -0.25) is 0 Å². The van der Waals surface area contributed by atoms with Gasteiger partial charge < -0.3 is 0 Å². The third kappa shape index (κ3) is 3.80. The van der Waals surface area contributed by atoms with Crippen LogP contribution in [-0.4, -0.2) is 14.0 Å². The fraction of sp³-hybridized carbons (Fsp3) is 0.538. The molecule has 0 radical (unpaired) electrons. The quantitative estimate of drug-likeness (QED) is 0.810. The minimum Gasteiger partial charge on any atom is -0.207 e. The number of hydrogen-bond acceptors (Lipinski definition) is 2. The number of hydrogen-bond donors (Lipinski definition) is 1. The average molecular weight is 411 g/mol. The van der Waals surface area contributed by atoms with Crippen LogP contribution in [0.1, 0.15) is 39.0 Å². The highest BCUT2D eigenvalue weighted by Gasteiger charge is 2.32. The number of rotatable bonds is 3. The van der Waals surface area contributed by atoms with Crippen molar-refractivity contribution < 1.29 is 8.42 Å². The monoisotopic (exact) mass is 409 g/mol. The van der Waals surface area contributed by atoms with Crippen LogP contribution in [0.15, 0.2) is 32.0 Å². The molecule has 1 N–H and O–H groups in total. The fourth-order valence-electron chi connectivity index (χ4n) is 2.51. The summed E-state index contributed by atoms with van der Waals surface area (Å²) < 4.78 is 29.3. The summed E-state index contributed by atoms with van der Waals surface area (Å²) in [6, 6.07) is 5.10. The van der Waals surface area contributed by atoms with Crippen molar-refractivity contribution in [2.45, 2.75) is 49.5 Å². The third-order valence-electron chi connectivity index (χ3n) is 3.52. The Morgan fingerprint density at radius 3 is 2.37 bits per heavy atom. The first kappa shape index (κ1) is 15.5. The normalized spacial score (nSPS) is 19.3. The Morgan fingerprint density at radius 1 is 1.16 bits per heavy atom. The van der Waals surface area contributed by atoms with E-state index in [1.54, 1.807) is 18.2 Å². The molecule has 1 aromatic rings. The van der Waals surface area contributed by atoms with Gasteiger partial charge in [0.2, 0.25) is 10.0 Å². The van der Waals surface area contributed by atoms with Crippen LogP contribution in [0.25, 0.3) is 0 Å². The van der Waals surface area contributed by atoms with Crippen LogP contribution in [0.5, 0.6) is 0 Å². The van der Waals surface area contributed by atoms with E-state index >= 15 is 0 Å². The average Bonchev–Trinajstić information content (AvgIpc) is 2.27. The molecule has 1 fully saturated rings. The number of benzene rings is 1. The van der Waals surface area contributed by atoms with Crippen molar-refractivity contribution in [1.29, 1.82) is 0 Å². The highest BCUT2D eigenvalue weighted by atomic mass is 79.9. The molecule has 0 atom stereocenters. The van der Waals surface area contributed by atoms with Gasteiger partial charge in [-0.25, -0.2) is 13.1 Å². The lowest BCUT2D eigenvalue weighted by molar-refractivity contribution is 0.294. The predicted molar refractivity (Wildman–Crippen MR) is 83.7 cm³/mol. The molecule has 0 unspecified atom stereocenters. The van der Waals surface area contributed by atoms with Crippen molar-refractivity contribution in [1.82, 2.24) is 4.72 Å². The highest BCUT2D eigenvalue weighted by molar-refractivity contribution is 9.11. The molecule has 3 nitrogen and oxygen atoms in total. The molecule has 0 heterocycles. The van der Waals surface area contributed by atoms with E-state index in [9.17, 15) is 8.42 Å². The van der Waals surface area contributed by atoms with Crippen LogP contribution in [0.3, 0.4) is 0 Å². The minimum absolute atomic E-state index is 0.294. The lowest BCUT2D eigenvalue weighted by Crippen LogP contribution is -2.47. The van der Waals surface area contributed by atoms with Gasteiger partial charge in [0.05, 0.1) is 4.90 Å². The van der Waals surface area contributed by atoms with Gasteiger partial charge >= 0.3 is 0 Å². The van der Waals surface area contributed by atoms with Crippen molar-refractivity contribution in [3.63, 3.8) is 0 Å². The molecule has 0 saturated heterocycles. The summed E-state index contributed by atoms with van der Waals surface area (Å²) in [6.45, 7) is 2.00. The van der Waals surface area contributed by atoms with Crippen LogP contribution in [0, 0.1) is 0 Å². The number of halogens is 2. The summed E-state index contributed by atoms with van der Waals surface area (Å²) in [7, 11) is -3.48. The second kappa shape index (κ2) is 5.84. The van der Waals surface area contributed by atoms with E-state index in [0.717, 1.165) is 30.2 Å². The fourth-order valence-corrected chi connectivity index (χ4v) is 5.72. The standard InChI is InChI=1S/C13H17Br2NO2S/c1-13(7-3-2-4-8-13)16-19(17,18)12-6-5-10(14)9-11(12)15/h5-6,9,16H,2-4,7-8H2,1H3. The Balaban J connectivity index is 2.27. The maximum Gasteiger partial charge on any atom is 0.242 e. The molecule has 0 bridgehead atoms. The Bertz CT molecular complexity index is 566. The Morgan fingerprint density at radius 2 is 1.79 bits per heavy atom. The van der Waals surface area contributed by atoms with E-state index in [2.05, 4.69) is 36.6 Å². The molecule has 2 rings (SSSR count). The van der Waals surface area contributed by atoms with Gasteiger partial charge in [-0.15, -0.1) is 0 Å². The molecular formula is C13H17Br2NO2S. The van der Waals surface area contributed by atoms with E-state index in [-0.39, 0.29) is 5.54 Å². The van der Waals surface area contributed by atoms with E-state index in [4.69, 9.17) is 0 Å². The van der Waals surface area contributed by atoms with Crippen molar-refractivity contribution in [3.8, 4) is 0 Å². The molecule has 1 aliphatic carbocycles. The molecule has 106 valence electrons. The molecule has 1 aliphatic rings. The largest absolute Gasteiger partial charge is 0.242 e. The van der Waals surface area contributed by atoms with Gasteiger partial charge in [-0.1, -0.05) is 35.2 Å². The van der Waals surface area contributed by atoms with E-state index in [1.807, 2.05) is 6.92 Å². The molecule has 1 aromatic carbocycles. The first-order chi connectivity index (χ1) is 8.82. The molecule has 0 aromatic heterocycles. The van der Waals surface area contributed by atoms with Gasteiger partial charge in [-0.2, -0.15) is 0 Å². The summed E-state index contributed by atoms with van der Waals surface area (Å²) >= 11 is 6.64. The summed E-state index contributed by atoms with van der Waals surface area (Å²) in [5.74, 6) is 0. The molecule has 1 saturated carbocycles. The van der Waals surface area contributed by atoms with Gasteiger partial charge in [0, 0.05) is 14.5 Å². The topological polar surface area (TPSA) is 46.2 Å². The first-order valence-electron chi connectivity index (χ1n) is 6.31. The second-order valence-electron chi connectivity index (χ2n) is 5.30. The van der Waals surface area contributed by atoms with Gasteiger partial charge in [0.15, 0.2) is 0 Å². The molecule has 0 amide bonds. The summed E-state index contributed by atoms with van der Waals surface area (Å²) in [4.78, 5) is 0.294. The van der Waals surface area contributed by atoms with Crippen molar-refractivity contribution >= 4 is 41.9 Å². The second-order valence-corrected chi connectivity index (χ2v) is 8.72. The first-order valence-corrected chi connectivity index (χ1v) is 9.38. The van der Waals surface area contributed by atoms with Gasteiger partial charge in [-0.05, 0) is 53.9 Å². The third-order valence-corrected chi connectivity index (χ3v) is 6.63. The van der Waals surface area contributed by atoms with E-state index < -0.39 is 10.0 Å². The molecule has 0 spiro atoms. The van der Waals surface area contributed by atoms with Crippen molar-refractivity contribution in [2.75, 3.05) is 0 Å². The summed E-state index contributed by atoms with van der Waals surface area (Å²) in [6.07, 6.45) is 5.17. The minimum atomic E-state index is -3.48. The number of nitrogens with one attached hydrogen (secondary N) is 1. The maximum absolute atomic E-state index is 12.5. The number of sulfonamides is 1. The molecule has 19 heavy (non-hydrogen) atoms. The van der Waals surface area contributed by atoms with Crippen LogP contribution in [-0.2, 0) is 10.0 Å². The molecule has 6 heteroatoms. The zero-order valence-corrected chi connectivity index (χ0v) is 14.7. The van der Waals surface area contributed by atoms with Crippen LogP contribution >= 0.6 is 31.9 Å². The Labute approximate surface area is 131 Å². The van der Waals surface area contributed by atoms with E-state index in [1.165, 1.54) is 6.42 Å². The molecule has 0 aliphatic heterocycles. The van der Waals surface area contributed by atoms with Crippen LogP contribution in [0.4, 0.5) is 0 Å². The summed E-state index contributed by atoms with van der Waals surface area (Å²) in [5, 5.41) is 0.